The quantitative estimate of drug-likeness (QED) is 0.906. The van der Waals surface area contributed by atoms with Crippen LogP contribution in [0.15, 0.2) is 48.5 Å². The van der Waals surface area contributed by atoms with Crippen molar-refractivity contribution in [2.45, 2.75) is 19.5 Å². The smallest absolute Gasteiger partial charge is 0.320 e. The van der Waals surface area contributed by atoms with Crippen LogP contribution in [0.1, 0.15) is 16.7 Å². The molecule has 142 valence electrons. The van der Waals surface area contributed by atoms with Gasteiger partial charge in [-0.1, -0.05) is 48.5 Å². The van der Waals surface area contributed by atoms with E-state index in [-0.39, 0.29) is 6.03 Å². The van der Waals surface area contributed by atoms with Crippen LogP contribution in [-0.4, -0.2) is 60.5 Å². The fourth-order valence-corrected chi connectivity index (χ4v) is 4.05. The molecule has 1 N–H and O–H groups in total. The summed E-state index contributed by atoms with van der Waals surface area (Å²) in [4.78, 5) is 19.0. The molecule has 0 aliphatic carbocycles. The maximum absolute atomic E-state index is 12.7. The summed E-state index contributed by atoms with van der Waals surface area (Å²) < 4.78 is 0. The first kappa shape index (κ1) is 17.9. The number of para-hydroxylation sites is 1. The minimum absolute atomic E-state index is 0.126. The van der Waals surface area contributed by atoms with Gasteiger partial charge in [0.15, 0.2) is 0 Å². The first-order valence-electron chi connectivity index (χ1n) is 9.81. The predicted octanol–water partition coefficient (Wildman–Crippen LogP) is 3.02. The van der Waals surface area contributed by atoms with Crippen molar-refractivity contribution >= 4 is 11.7 Å². The molecule has 0 unspecified atom stereocenters. The molecule has 0 bridgehead atoms. The van der Waals surface area contributed by atoms with Crippen LogP contribution in [0.2, 0.25) is 0 Å². The van der Waals surface area contributed by atoms with E-state index in [4.69, 9.17) is 0 Å². The van der Waals surface area contributed by atoms with E-state index in [1.807, 2.05) is 35.0 Å². The molecule has 5 heteroatoms. The number of nitrogens with zero attached hydrogens (tertiary/aromatic N) is 3. The lowest BCUT2D eigenvalue weighted by atomic mass is 10.1. The van der Waals surface area contributed by atoms with Crippen LogP contribution in [0.25, 0.3) is 0 Å². The average molecular weight is 364 g/mol. The second-order valence-corrected chi connectivity index (χ2v) is 7.52. The Hall–Kier alpha value is -2.53. The summed E-state index contributed by atoms with van der Waals surface area (Å²) in [6.45, 7) is 6.09. The molecule has 0 spiro atoms. The van der Waals surface area contributed by atoms with Gasteiger partial charge in [0.2, 0.25) is 0 Å². The van der Waals surface area contributed by atoms with Gasteiger partial charge in [-0.3, -0.25) is 4.90 Å². The summed E-state index contributed by atoms with van der Waals surface area (Å²) in [6.07, 6.45) is 1.12. The first-order valence-corrected chi connectivity index (χ1v) is 9.81. The number of rotatable bonds is 4. The van der Waals surface area contributed by atoms with Crippen molar-refractivity contribution in [1.82, 2.24) is 14.7 Å². The van der Waals surface area contributed by atoms with E-state index in [0.717, 1.165) is 51.3 Å². The van der Waals surface area contributed by atoms with Gasteiger partial charge in [-0.15, -0.1) is 0 Å². The van der Waals surface area contributed by atoms with Gasteiger partial charge >= 0.3 is 6.03 Å². The molecule has 2 aromatic carbocycles. The molecule has 27 heavy (non-hydrogen) atoms. The molecule has 2 heterocycles. The topological polar surface area (TPSA) is 38.8 Å². The molecule has 2 amide bonds. The Bertz CT molecular complexity index is 784. The Labute approximate surface area is 161 Å². The lowest BCUT2D eigenvalue weighted by molar-refractivity contribution is 0.114. The molecule has 2 aromatic rings. The van der Waals surface area contributed by atoms with E-state index >= 15 is 0 Å². The van der Waals surface area contributed by atoms with Gasteiger partial charge in [0.25, 0.3) is 0 Å². The Morgan fingerprint density at radius 1 is 1.04 bits per heavy atom. The van der Waals surface area contributed by atoms with Crippen LogP contribution in [0.5, 0.6) is 0 Å². The number of hydrogen-bond acceptors (Lipinski definition) is 3. The SMILES string of the molecule is CN(Cc1ccccc1)C(=O)N1CCN(Cc2cccc3c2NCC3)CC1. The third-order valence-electron chi connectivity index (χ3n) is 5.56. The van der Waals surface area contributed by atoms with Crippen molar-refractivity contribution in [3.63, 3.8) is 0 Å². The zero-order valence-electron chi connectivity index (χ0n) is 16.0. The normalized spacial score (nSPS) is 16.7. The highest BCUT2D eigenvalue weighted by Gasteiger charge is 2.24. The highest BCUT2D eigenvalue weighted by molar-refractivity contribution is 5.74. The molecule has 0 aromatic heterocycles. The van der Waals surface area contributed by atoms with E-state index in [1.165, 1.54) is 16.8 Å². The van der Waals surface area contributed by atoms with E-state index < -0.39 is 0 Å². The van der Waals surface area contributed by atoms with Crippen molar-refractivity contribution in [3.05, 3.63) is 65.2 Å². The fourth-order valence-electron chi connectivity index (χ4n) is 4.05. The maximum atomic E-state index is 12.7. The standard InChI is InChI=1S/C22H28N4O/c1-24(16-18-6-3-2-4-7-18)22(27)26-14-12-25(13-15-26)17-20-9-5-8-19-10-11-23-21(19)20/h2-9,23H,10-17H2,1H3. The lowest BCUT2D eigenvalue weighted by Gasteiger charge is -2.37. The van der Waals surface area contributed by atoms with Crippen molar-refractivity contribution in [2.75, 3.05) is 45.1 Å². The van der Waals surface area contributed by atoms with E-state index in [9.17, 15) is 4.79 Å². The minimum atomic E-state index is 0.126. The molecule has 0 atom stereocenters. The van der Waals surface area contributed by atoms with E-state index in [1.54, 1.807) is 0 Å². The second-order valence-electron chi connectivity index (χ2n) is 7.52. The zero-order valence-corrected chi connectivity index (χ0v) is 16.0. The highest BCUT2D eigenvalue weighted by atomic mass is 16.2. The molecule has 0 radical (unpaired) electrons. The molecule has 0 saturated carbocycles. The predicted molar refractivity (Wildman–Crippen MR) is 109 cm³/mol. The van der Waals surface area contributed by atoms with Crippen molar-refractivity contribution in [1.29, 1.82) is 0 Å². The number of benzene rings is 2. The minimum Gasteiger partial charge on any atom is -0.384 e. The summed E-state index contributed by atoms with van der Waals surface area (Å²) in [5.74, 6) is 0. The number of amides is 2. The maximum Gasteiger partial charge on any atom is 0.320 e. The van der Waals surface area contributed by atoms with Gasteiger partial charge in [0.05, 0.1) is 0 Å². The van der Waals surface area contributed by atoms with Crippen LogP contribution >= 0.6 is 0 Å². The summed E-state index contributed by atoms with van der Waals surface area (Å²) in [7, 11) is 1.89. The monoisotopic (exact) mass is 364 g/mol. The number of hydrogen-bond donors (Lipinski definition) is 1. The van der Waals surface area contributed by atoms with Gasteiger partial charge in [0, 0.05) is 58.5 Å². The third-order valence-corrected chi connectivity index (χ3v) is 5.56. The number of fused-ring (bicyclic) bond motifs is 1. The average Bonchev–Trinajstić information content (AvgIpc) is 3.19. The van der Waals surface area contributed by atoms with Crippen LogP contribution < -0.4 is 5.32 Å². The van der Waals surface area contributed by atoms with Gasteiger partial charge < -0.3 is 15.1 Å². The van der Waals surface area contributed by atoms with Gasteiger partial charge in [-0.2, -0.15) is 0 Å². The number of anilines is 1. The second kappa shape index (κ2) is 8.01. The largest absolute Gasteiger partial charge is 0.384 e. The van der Waals surface area contributed by atoms with Crippen LogP contribution in [-0.2, 0) is 19.5 Å². The van der Waals surface area contributed by atoms with Gasteiger partial charge in [0.1, 0.15) is 0 Å². The summed E-state index contributed by atoms with van der Waals surface area (Å²) in [5.41, 5.74) is 5.31. The zero-order chi connectivity index (χ0) is 18.6. The third kappa shape index (κ3) is 4.08. The molecule has 1 fully saturated rings. The Kier molecular flexibility index (Phi) is 5.30. The summed E-state index contributed by atoms with van der Waals surface area (Å²) in [6, 6.07) is 16.9. The first-order chi connectivity index (χ1) is 13.2. The van der Waals surface area contributed by atoms with Crippen molar-refractivity contribution < 1.29 is 4.79 Å². The molecule has 2 aliphatic rings. The van der Waals surface area contributed by atoms with Gasteiger partial charge in [-0.25, -0.2) is 4.79 Å². The Balaban J connectivity index is 1.30. The summed E-state index contributed by atoms with van der Waals surface area (Å²) >= 11 is 0. The molecule has 2 aliphatic heterocycles. The summed E-state index contributed by atoms with van der Waals surface area (Å²) in [5, 5.41) is 3.53. The number of piperazine rings is 1. The number of carbonyl (C=O) groups excluding carboxylic acids is 1. The number of nitrogens with one attached hydrogen (secondary N) is 1. The van der Waals surface area contributed by atoms with E-state index in [0.29, 0.717) is 6.54 Å². The Morgan fingerprint density at radius 2 is 1.81 bits per heavy atom. The molecule has 1 saturated heterocycles. The van der Waals surface area contributed by atoms with Crippen molar-refractivity contribution in [2.24, 2.45) is 0 Å². The number of urea groups is 1. The van der Waals surface area contributed by atoms with Crippen LogP contribution in [0.4, 0.5) is 10.5 Å². The molecular weight excluding hydrogens is 336 g/mol. The Morgan fingerprint density at radius 3 is 2.59 bits per heavy atom. The van der Waals surface area contributed by atoms with E-state index in [2.05, 4.69) is 40.5 Å². The highest BCUT2D eigenvalue weighted by Crippen LogP contribution is 2.27. The van der Waals surface area contributed by atoms with Crippen LogP contribution in [0, 0.1) is 0 Å². The molecule has 4 rings (SSSR count). The lowest BCUT2D eigenvalue weighted by Crippen LogP contribution is -2.51. The number of carbonyl (C=O) groups is 1. The fraction of sp³-hybridized carbons (Fsp3) is 0.409. The molecule has 5 nitrogen and oxygen atoms in total. The van der Waals surface area contributed by atoms with Crippen LogP contribution in [0.3, 0.4) is 0 Å². The van der Waals surface area contributed by atoms with Gasteiger partial charge in [-0.05, 0) is 23.1 Å². The molecular formula is C22H28N4O. The van der Waals surface area contributed by atoms with Crippen molar-refractivity contribution in [3.8, 4) is 0 Å².